The zero-order valence-electron chi connectivity index (χ0n) is 12.4. The van der Waals surface area contributed by atoms with Gasteiger partial charge in [0.2, 0.25) is 0 Å². The molecule has 4 heterocycles. The van der Waals surface area contributed by atoms with Crippen molar-refractivity contribution < 1.29 is 25.2 Å². The Morgan fingerprint density at radius 1 is 1.10 bits per heavy atom. The molecule has 0 aliphatic carbocycles. The van der Waals surface area contributed by atoms with Crippen molar-refractivity contribution >= 4 is 5.78 Å². The molecule has 0 radical (unpaired) electrons. The molecule has 7 nitrogen and oxygen atoms in total. The van der Waals surface area contributed by atoms with Crippen LogP contribution in [0.3, 0.4) is 0 Å². The molecule has 3 atom stereocenters. The number of aliphatic hydroxyl groups excluding tert-OH is 4. The average Bonchev–Trinajstić information content (AvgIpc) is 2.41. The van der Waals surface area contributed by atoms with E-state index in [1.54, 1.807) is 0 Å². The normalized spacial score (nSPS) is 49.2. The molecule has 4 bridgehead atoms. The van der Waals surface area contributed by atoms with Crippen LogP contribution in [0.2, 0.25) is 0 Å². The number of nitrogens with zero attached hydrogens (tertiary/aromatic N) is 2. The van der Waals surface area contributed by atoms with Crippen LogP contribution < -0.4 is 0 Å². The van der Waals surface area contributed by atoms with Crippen LogP contribution in [0.4, 0.5) is 0 Å². The monoisotopic (exact) mass is 300 g/mol. The van der Waals surface area contributed by atoms with Gasteiger partial charge in [0.05, 0.1) is 23.6 Å². The van der Waals surface area contributed by atoms with Gasteiger partial charge in [-0.05, 0) is 0 Å². The molecule has 0 aromatic carbocycles. The molecular weight excluding hydrogens is 276 g/mol. The SMILES string of the molecule is CC12CN3CC(C)(CN(C1)C3[C@@H](O)[C@H](O)[C@@H](O)CO)C2=O. The molecule has 4 aliphatic rings. The quantitative estimate of drug-likeness (QED) is 0.459. The number of carbonyl (C=O) groups is 1. The molecule has 0 amide bonds. The van der Waals surface area contributed by atoms with Gasteiger partial charge in [-0.25, -0.2) is 0 Å². The summed E-state index contributed by atoms with van der Waals surface area (Å²) in [4.78, 5) is 16.6. The fourth-order valence-electron chi connectivity index (χ4n) is 4.57. The molecule has 120 valence electrons. The first-order chi connectivity index (χ1) is 9.72. The number of hydrogen-bond acceptors (Lipinski definition) is 7. The van der Waals surface area contributed by atoms with Gasteiger partial charge in [0.15, 0.2) is 0 Å². The highest BCUT2D eigenvalue weighted by Crippen LogP contribution is 2.48. The van der Waals surface area contributed by atoms with Gasteiger partial charge in [0, 0.05) is 26.2 Å². The average molecular weight is 300 g/mol. The lowest BCUT2D eigenvalue weighted by Gasteiger charge is -2.65. The van der Waals surface area contributed by atoms with Crippen LogP contribution in [0.25, 0.3) is 0 Å². The van der Waals surface area contributed by atoms with E-state index in [1.165, 1.54) is 0 Å². The minimum absolute atomic E-state index is 0.284. The summed E-state index contributed by atoms with van der Waals surface area (Å²) in [6.45, 7) is 5.53. The molecule has 4 N–H and O–H groups in total. The highest BCUT2D eigenvalue weighted by molar-refractivity contribution is 5.92. The minimum Gasteiger partial charge on any atom is -0.394 e. The number of carbonyl (C=O) groups excluding carboxylic acids is 1. The van der Waals surface area contributed by atoms with Gasteiger partial charge < -0.3 is 20.4 Å². The van der Waals surface area contributed by atoms with Crippen molar-refractivity contribution in [2.24, 2.45) is 10.8 Å². The summed E-state index contributed by atoms with van der Waals surface area (Å²) in [7, 11) is 0. The highest BCUT2D eigenvalue weighted by Gasteiger charge is 2.63. The third-order valence-corrected chi connectivity index (χ3v) is 5.29. The number of ketones is 1. The van der Waals surface area contributed by atoms with Crippen molar-refractivity contribution in [2.75, 3.05) is 32.8 Å². The van der Waals surface area contributed by atoms with Crippen LogP contribution in [-0.2, 0) is 4.79 Å². The standard InChI is InChI=1S/C14H24N2O5/c1-13-4-15-6-14(2,12(13)21)7-16(5-13)11(15)10(20)9(19)8(18)3-17/h8-11,17-20H,3-7H2,1-2H3/t8-,9+,10-,11?,13?,14?/m0/s1. The first-order valence-electron chi connectivity index (χ1n) is 7.40. The zero-order valence-corrected chi connectivity index (χ0v) is 12.4. The Morgan fingerprint density at radius 2 is 1.52 bits per heavy atom. The number of hydrogen-bond donors (Lipinski definition) is 4. The van der Waals surface area contributed by atoms with Crippen LogP contribution >= 0.6 is 0 Å². The molecule has 4 aliphatic heterocycles. The minimum atomic E-state index is -1.41. The summed E-state index contributed by atoms with van der Waals surface area (Å²) < 4.78 is 0. The summed E-state index contributed by atoms with van der Waals surface area (Å²) >= 11 is 0. The summed E-state index contributed by atoms with van der Waals surface area (Å²) in [6, 6.07) is 0. The van der Waals surface area contributed by atoms with Gasteiger partial charge in [-0.3, -0.25) is 14.6 Å². The first-order valence-corrected chi connectivity index (χ1v) is 7.40. The van der Waals surface area contributed by atoms with Gasteiger partial charge in [0.25, 0.3) is 0 Å². The van der Waals surface area contributed by atoms with E-state index >= 15 is 0 Å². The maximum absolute atomic E-state index is 12.5. The molecule has 0 spiro atoms. The van der Waals surface area contributed by atoms with Gasteiger partial charge in [-0.2, -0.15) is 0 Å². The Bertz CT molecular complexity index is 417. The van der Waals surface area contributed by atoms with Crippen molar-refractivity contribution in [3.63, 3.8) is 0 Å². The summed E-state index contributed by atoms with van der Waals surface area (Å²) in [5, 5.41) is 38.8. The third-order valence-electron chi connectivity index (χ3n) is 5.29. The predicted molar refractivity (Wildman–Crippen MR) is 73.3 cm³/mol. The topological polar surface area (TPSA) is 104 Å². The Balaban J connectivity index is 1.84. The van der Waals surface area contributed by atoms with Crippen LogP contribution in [0.5, 0.6) is 0 Å². The van der Waals surface area contributed by atoms with Crippen LogP contribution in [0.15, 0.2) is 0 Å². The number of Topliss-reactive ketones (excluding diaryl/α,β-unsaturated/α-hetero) is 1. The first kappa shape index (κ1) is 15.3. The number of rotatable bonds is 4. The van der Waals surface area contributed by atoms with Crippen molar-refractivity contribution in [2.45, 2.75) is 38.3 Å². The van der Waals surface area contributed by atoms with Gasteiger partial charge in [-0.15, -0.1) is 0 Å². The zero-order chi connectivity index (χ0) is 15.6. The summed E-state index contributed by atoms with van der Waals surface area (Å²) in [6.07, 6.45) is -4.38. The van der Waals surface area contributed by atoms with E-state index in [9.17, 15) is 20.1 Å². The van der Waals surface area contributed by atoms with E-state index in [2.05, 4.69) is 0 Å². The number of piperidine rings is 2. The van der Waals surface area contributed by atoms with Crippen LogP contribution in [0.1, 0.15) is 13.8 Å². The van der Waals surface area contributed by atoms with Crippen molar-refractivity contribution in [3.8, 4) is 0 Å². The fraction of sp³-hybridized carbons (Fsp3) is 0.929. The molecule has 4 rings (SSSR count). The Hall–Kier alpha value is -0.570. The molecule has 4 fully saturated rings. The predicted octanol–water partition coefficient (Wildman–Crippen LogP) is -2.39. The van der Waals surface area contributed by atoms with E-state index < -0.39 is 41.9 Å². The second-order valence-electron chi connectivity index (χ2n) is 7.41. The van der Waals surface area contributed by atoms with Crippen molar-refractivity contribution in [3.05, 3.63) is 0 Å². The fourth-order valence-corrected chi connectivity index (χ4v) is 4.57. The summed E-state index contributed by atoms with van der Waals surface area (Å²) in [5.41, 5.74) is -0.857. The van der Waals surface area contributed by atoms with E-state index in [-0.39, 0.29) is 5.78 Å². The Kier molecular flexibility index (Phi) is 3.44. The second kappa shape index (κ2) is 4.71. The largest absolute Gasteiger partial charge is 0.394 e. The van der Waals surface area contributed by atoms with Crippen LogP contribution in [-0.4, -0.2) is 93.3 Å². The molecule has 21 heavy (non-hydrogen) atoms. The highest BCUT2D eigenvalue weighted by atomic mass is 16.4. The third kappa shape index (κ3) is 2.07. The molecule has 0 aromatic heterocycles. The maximum Gasteiger partial charge on any atom is 0.149 e. The van der Waals surface area contributed by atoms with Gasteiger partial charge in [-0.1, -0.05) is 13.8 Å². The van der Waals surface area contributed by atoms with E-state index in [0.717, 1.165) is 0 Å². The lowest BCUT2D eigenvalue weighted by molar-refractivity contribution is -0.225. The maximum atomic E-state index is 12.5. The van der Waals surface area contributed by atoms with E-state index in [0.29, 0.717) is 26.2 Å². The van der Waals surface area contributed by atoms with Gasteiger partial charge >= 0.3 is 0 Å². The van der Waals surface area contributed by atoms with Crippen molar-refractivity contribution in [1.29, 1.82) is 0 Å². The Labute approximate surface area is 123 Å². The molecule has 4 saturated heterocycles. The van der Waals surface area contributed by atoms with Crippen molar-refractivity contribution in [1.82, 2.24) is 9.80 Å². The second-order valence-corrected chi connectivity index (χ2v) is 7.41. The lowest BCUT2D eigenvalue weighted by Crippen LogP contribution is -2.80. The van der Waals surface area contributed by atoms with Gasteiger partial charge in [0.1, 0.15) is 24.1 Å². The number of aliphatic hydroxyl groups is 4. The Morgan fingerprint density at radius 3 is 1.90 bits per heavy atom. The smallest absolute Gasteiger partial charge is 0.149 e. The molecule has 0 aromatic rings. The lowest BCUT2D eigenvalue weighted by atomic mass is 9.61. The molecule has 0 unspecified atom stereocenters. The molecular formula is C14H24N2O5. The molecule has 7 heteroatoms. The molecule has 0 saturated carbocycles. The van der Waals surface area contributed by atoms with Crippen LogP contribution in [0, 0.1) is 10.8 Å². The van der Waals surface area contributed by atoms with E-state index in [4.69, 9.17) is 5.11 Å². The summed E-state index contributed by atoms with van der Waals surface area (Å²) in [5.74, 6) is 0.284. The van der Waals surface area contributed by atoms with E-state index in [1.807, 2.05) is 23.6 Å².